The third kappa shape index (κ3) is 3.96. The Labute approximate surface area is 104 Å². The molecule has 2 N–H and O–H groups in total. The molecule has 0 saturated heterocycles. The standard InChI is InChI=1S/C11H24N2O3S/c1-6-13(8-9(2)7-12)10(14)11(3,4)17(5,15)16/h9H,6-8,12H2,1-5H3. The van der Waals surface area contributed by atoms with E-state index < -0.39 is 14.6 Å². The van der Waals surface area contributed by atoms with E-state index in [1.807, 2.05) is 13.8 Å². The average molecular weight is 264 g/mol. The first-order valence-electron chi connectivity index (χ1n) is 5.77. The molecule has 6 heteroatoms. The van der Waals surface area contributed by atoms with Crippen LogP contribution in [0.2, 0.25) is 0 Å². The van der Waals surface area contributed by atoms with Crippen molar-refractivity contribution in [2.75, 3.05) is 25.9 Å². The van der Waals surface area contributed by atoms with Gasteiger partial charge in [-0.2, -0.15) is 0 Å². The van der Waals surface area contributed by atoms with E-state index in [4.69, 9.17) is 5.73 Å². The van der Waals surface area contributed by atoms with E-state index in [1.165, 1.54) is 13.8 Å². The molecule has 0 aliphatic heterocycles. The highest BCUT2D eigenvalue weighted by Gasteiger charge is 2.41. The molecular formula is C11H24N2O3S. The van der Waals surface area contributed by atoms with Crippen molar-refractivity contribution in [3.05, 3.63) is 0 Å². The first-order chi connectivity index (χ1) is 7.57. The van der Waals surface area contributed by atoms with Gasteiger partial charge in [0.15, 0.2) is 9.84 Å². The Hall–Kier alpha value is -0.620. The molecule has 1 amide bonds. The summed E-state index contributed by atoms with van der Waals surface area (Å²) in [5.41, 5.74) is 5.51. The van der Waals surface area contributed by atoms with Gasteiger partial charge in [-0.15, -0.1) is 0 Å². The highest BCUT2D eigenvalue weighted by molar-refractivity contribution is 7.92. The predicted molar refractivity (Wildman–Crippen MR) is 69.4 cm³/mol. The lowest BCUT2D eigenvalue weighted by molar-refractivity contribution is -0.133. The fourth-order valence-electron chi connectivity index (χ4n) is 1.35. The Kier molecular flexibility index (Phi) is 5.61. The summed E-state index contributed by atoms with van der Waals surface area (Å²) in [6, 6.07) is 0. The molecule has 0 bridgehead atoms. The monoisotopic (exact) mass is 264 g/mol. The van der Waals surface area contributed by atoms with Gasteiger partial charge in [-0.05, 0) is 33.2 Å². The summed E-state index contributed by atoms with van der Waals surface area (Å²) in [6.45, 7) is 8.11. The van der Waals surface area contributed by atoms with Crippen molar-refractivity contribution in [2.24, 2.45) is 11.7 Å². The van der Waals surface area contributed by atoms with Crippen molar-refractivity contribution >= 4 is 15.7 Å². The third-order valence-electron chi connectivity index (χ3n) is 3.05. The second kappa shape index (κ2) is 5.82. The Bertz CT molecular complexity index is 363. The molecule has 0 spiro atoms. The predicted octanol–water partition coefficient (Wildman–Crippen LogP) is 0.253. The van der Waals surface area contributed by atoms with Gasteiger partial charge in [0.25, 0.3) is 0 Å². The van der Waals surface area contributed by atoms with Crippen LogP contribution in [0.25, 0.3) is 0 Å². The largest absolute Gasteiger partial charge is 0.341 e. The number of carbonyl (C=O) groups excluding carboxylic acids is 1. The number of sulfone groups is 1. The highest BCUT2D eigenvalue weighted by Crippen LogP contribution is 2.19. The van der Waals surface area contributed by atoms with E-state index in [0.717, 1.165) is 6.26 Å². The SMILES string of the molecule is CCN(CC(C)CN)C(=O)C(C)(C)S(C)(=O)=O. The molecule has 0 aliphatic carbocycles. The summed E-state index contributed by atoms with van der Waals surface area (Å²) >= 11 is 0. The minimum Gasteiger partial charge on any atom is -0.341 e. The Morgan fingerprint density at radius 1 is 1.41 bits per heavy atom. The summed E-state index contributed by atoms with van der Waals surface area (Å²) in [7, 11) is -3.42. The molecule has 0 aromatic rings. The van der Waals surface area contributed by atoms with Crippen LogP contribution in [0.1, 0.15) is 27.7 Å². The molecule has 0 saturated carbocycles. The minimum absolute atomic E-state index is 0.161. The number of hydrogen-bond acceptors (Lipinski definition) is 4. The van der Waals surface area contributed by atoms with Gasteiger partial charge in [0.2, 0.25) is 5.91 Å². The molecule has 0 aromatic heterocycles. The topological polar surface area (TPSA) is 80.5 Å². The number of hydrogen-bond donors (Lipinski definition) is 1. The average Bonchev–Trinajstić information content (AvgIpc) is 2.22. The van der Waals surface area contributed by atoms with E-state index in [2.05, 4.69) is 0 Å². The first-order valence-corrected chi connectivity index (χ1v) is 7.66. The number of nitrogens with two attached hydrogens (primary N) is 1. The van der Waals surface area contributed by atoms with Gasteiger partial charge in [0.05, 0.1) is 0 Å². The second-order valence-corrected chi connectivity index (χ2v) is 7.53. The summed E-state index contributed by atoms with van der Waals surface area (Å²) in [4.78, 5) is 13.8. The molecule has 0 aromatic carbocycles. The van der Waals surface area contributed by atoms with E-state index in [0.29, 0.717) is 19.6 Å². The van der Waals surface area contributed by atoms with Crippen molar-refractivity contribution < 1.29 is 13.2 Å². The molecule has 1 unspecified atom stereocenters. The van der Waals surface area contributed by atoms with E-state index in [9.17, 15) is 13.2 Å². The third-order valence-corrected chi connectivity index (χ3v) is 5.07. The quantitative estimate of drug-likeness (QED) is 0.746. The summed E-state index contributed by atoms with van der Waals surface area (Å²) in [5, 5.41) is 0. The smallest absolute Gasteiger partial charge is 0.243 e. The normalized spacial score (nSPS) is 14.5. The maximum Gasteiger partial charge on any atom is 0.243 e. The Morgan fingerprint density at radius 3 is 2.18 bits per heavy atom. The van der Waals surface area contributed by atoms with Gasteiger partial charge in [0, 0.05) is 19.3 Å². The van der Waals surface area contributed by atoms with Crippen LogP contribution in [-0.2, 0) is 14.6 Å². The van der Waals surface area contributed by atoms with Gasteiger partial charge >= 0.3 is 0 Å². The van der Waals surface area contributed by atoms with Crippen LogP contribution in [0.4, 0.5) is 0 Å². The first kappa shape index (κ1) is 16.4. The maximum atomic E-state index is 12.2. The van der Waals surface area contributed by atoms with Gasteiger partial charge in [-0.1, -0.05) is 6.92 Å². The molecule has 0 aliphatic rings. The molecular weight excluding hydrogens is 240 g/mol. The van der Waals surface area contributed by atoms with Gasteiger partial charge in [-0.25, -0.2) is 8.42 Å². The lowest BCUT2D eigenvalue weighted by Gasteiger charge is -2.31. The number of rotatable bonds is 6. The maximum absolute atomic E-state index is 12.2. The van der Waals surface area contributed by atoms with Crippen LogP contribution < -0.4 is 5.73 Å². The lowest BCUT2D eigenvalue weighted by Crippen LogP contribution is -2.51. The minimum atomic E-state index is -3.42. The Balaban J connectivity index is 5.00. The molecule has 0 rings (SSSR count). The second-order valence-electron chi connectivity index (χ2n) is 4.97. The van der Waals surface area contributed by atoms with E-state index >= 15 is 0 Å². The van der Waals surface area contributed by atoms with Crippen LogP contribution in [0.15, 0.2) is 0 Å². The molecule has 0 fully saturated rings. The van der Waals surface area contributed by atoms with Crippen molar-refractivity contribution in [3.63, 3.8) is 0 Å². The Morgan fingerprint density at radius 2 is 1.88 bits per heavy atom. The van der Waals surface area contributed by atoms with Crippen LogP contribution in [0.3, 0.4) is 0 Å². The zero-order chi connectivity index (χ0) is 13.9. The lowest BCUT2D eigenvalue weighted by atomic mass is 10.1. The van der Waals surface area contributed by atoms with Crippen molar-refractivity contribution in [1.82, 2.24) is 4.90 Å². The van der Waals surface area contributed by atoms with Crippen LogP contribution >= 0.6 is 0 Å². The molecule has 0 heterocycles. The van der Waals surface area contributed by atoms with Crippen LogP contribution in [0, 0.1) is 5.92 Å². The fourth-order valence-corrected chi connectivity index (χ4v) is 1.79. The molecule has 5 nitrogen and oxygen atoms in total. The van der Waals surface area contributed by atoms with Crippen molar-refractivity contribution in [3.8, 4) is 0 Å². The van der Waals surface area contributed by atoms with Crippen LogP contribution in [0.5, 0.6) is 0 Å². The molecule has 1 atom stereocenters. The van der Waals surface area contributed by atoms with Gasteiger partial charge < -0.3 is 10.6 Å². The fraction of sp³-hybridized carbons (Fsp3) is 0.909. The summed E-state index contributed by atoms with van der Waals surface area (Å²) < 4.78 is 21.8. The van der Waals surface area contributed by atoms with Crippen molar-refractivity contribution in [2.45, 2.75) is 32.4 Å². The van der Waals surface area contributed by atoms with Crippen LogP contribution in [-0.4, -0.2) is 49.9 Å². The summed E-state index contributed by atoms with van der Waals surface area (Å²) in [6.07, 6.45) is 1.09. The highest BCUT2D eigenvalue weighted by atomic mass is 32.2. The van der Waals surface area contributed by atoms with Crippen molar-refractivity contribution in [1.29, 1.82) is 0 Å². The zero-order valence-corrected chi connectivity index (χ0v) is 12.2. The van der Waals surface area contributed by atoms with E-state index in [1.54, 1.807) is 4.90 Å². The number of amides is 1. The number of nitrogens with zero attached hydrogens (tertiary/aromatic N) is 1. The summed E-state index contributed by atoms with van der Waals surface area (Å²) in [5.74, 6) is -0.197. The van der Waals surface area contributed by atoms with E-state index in [-0.39, 0.29) is 11.8 Å². The van der Waals surface area contributed by atoms with Gasteiger partial charge in [-0.3, -0.25) is 4.79 Å². The molecule has 102 valence electrons. The van der Waals surface area contributed by atoms with Gasteiger partial charge in [0.1, 0.15) is 4.75 Å². The number of carbonyl (C=O) groups is 1. The zero-order valence-electron chi connectivity index (χ0n) is 11.4. The molecule has 17 heavy (non-hydrogen) atoms. The molecule has 0 radical (unpaired) electrons.